The summed E-state index contributed by atoms with van der Waals surface area (Å²) in [4.78, 5) is 7.51. The second-order valence-electron chi connectivity index (χ2n) is 3.18. The van der Waals surface area contributed by atoms with Gasteiger partial charge in [0.05, 0.1) is 23.7 Å². The molecule has 1 aromatic carbocycles. The van der Waals surface area contributed by atoms with Crippen molar-refractivity contribution in [2.75, 3.05) is 0 Å². The van der Waals surface area contributed by atoms with E-state index in [0.29, 0.717) is 0 Å². The van der Waals surface area contributed by atoms with Gasteiger partial charge in [-0.15, -0.1) is 0 Å². The highest BCUT2D eigenvalue weighted by molar-refractivity contribution is 6.29. The fraction of sp³-hybridized carbons (Fsp3) is 0.0909. The first-order chi connectivity index (χ1) is 7.98. The molecule has 1 radical (unpaired) electrons. The number of benzene rings is 1. The van der Waals surface area contributed by atoms with Gasteiger partial charge in [0.1, 0.15) is 5.15 Å². The summed E-state index contributed by atoms with van der Waals surface area (Å²) in [6.07, 6.45) is -2.08. The summed E-state index contributed by atoms with van der Waals surface area (Å²) < 4.78 is 38.1. The van der Waals surface area contributed by atoms with Crippen LogP contribution in [-0.2, 0) is 6.18 Å². The van der Waals surface area contributed by atoms with Crippen LogP contribution >= 0.6 is 11.6 Å². The summed E-state index contributed by atoms with van der Waals surface area (Å²) in [5.41, 5.74) is -0.820. The van der Waals surface area contributed by atoms with E-state index < -0.39 is 11.7 Å². The molecule has 1 heterocycles. The summed E-state index contributed by atoms with van der Waals surface area (Å²) in [7, 11) is 0. The average molecular weight is 258 g/mol. The van der Waals surface area contributed by atoms with Gasteiger partial charge in [-0.25, -0.2) is 4.98 Å². The van der Waals surface area contributed by atoms with Crippen LogP contribution in [0.5, 0.6) is 0 Å². The van der Waals surface area contributed by atoms with Gasteiger partial charge in [0.25, 0.3) is 0 Å². The van der Waals surface area contributed by atoms with Crippen molar-refractivity contribution >= 4 is 11.6 Å². The Bertz CT molecular complexity index is 523. The minimum absolute atomic E-state index is 0.0656. The molecule has 87 valence electrons. The summed E-state index contributed by atoms with van der Waals surface area (Å²) >= 11 is 5.53. The van der Waals surface area contributed by atoms with Crippen LogP contribution in [0.25, 0.3) is 11.3 Å². The summed E-state index contributed by atoms with van der Waals surface area (Å²) in [6, 6.07) is 6.14. The predicted octanol–water partition coefficient (Wildman–Crippen LogP) is 3.62. The molecular formula is C11H5ClF3N2. The molecule has 0 unspecified atom stereocenters. The third kappa shape index (κ3) is 2.55. The Morgan fingerprint density at radius 2 is 1.94 bits per heavy atom. The Morgan fingerprint density at radius 1 is 1.18 bits per heavy atom. The van der Waals surface area contributed by atoms with Gasteiger partial charge in [0.2, 0.25) is 0 Å². The van der Waals surface area contributed by atoms with Crippen LogP contribution in [0.2, 0.25) is 5.15 Å². The standard InChI is InChI=1S/C11H5ClF3N2/c12-10-6-16-9(5-17-10)7-3-1-2-4-8(7)11(13,14)15/h1-3,5-6H. The van der Waals surface area contributed by atoms with E-state index in [4.69, 9.17) is 11.6 Å². The highest BCUT2D eigenvalue weighted by Crippen LogP contribution is 2.35. The fourth-order valence-electron chi connectivity index (χ4n) is 1.34. The molecule has 0 fully saturated rings. The van der Waals surface area contributed by atoms with Crippen molar-refractivity contribution in [3.05, 3.63) is 47.4 Å². The molecule has 2 rings (SSSR count). The molecule has 1 aromatic heterocycles. The lowest BCUT2D eigenvalue weighted by Crippen LogP contribution is -2.07. The predicted molar refractivity (Wildman–Crippen MR) is 56.3 cm³/mol. The quantitative estimate of drug-likeness (QED) is 0.780. The van der Waals surface area contributed by atoms with Crippen LogP contribution in [0.3, 0.4) is 0 Å². The van der Waals surface area contributed by atoms with E-state index in [1.54, 1.807) is 0 Å². The number of hydrogen-bond donors (Lipinski definition) is 0. The Labute approximate surface area is 100 Å². The fourth-order valence-corrected chi connectivity index (χ4v) is 1.43. The van der Waals surface area contributed by atoms with Crippen molar-refractivity contribution in [1.29, 1.82) is 0 Å². The zero-order valence-electron chi connectivity index (χ0n) is 8.29. The lowest BCUT2D eigenvalue weighted by molar-refractivity contribution is -0.137. The van der Waals surface area contributed by atoms with Crippen LogP contribution in [0.15, 0.2) is 30.6 Å². The third-order valence-corrected chi connectivity index (χ3v) is 2.23. The molecule has 0 N–H and O–H groups in total. The van der Waals surface area contributed by atoms with Crippen LogP contribution in [0.4, 0.5) is 13.2 Å². The van der Waals surface area contributed by atoms with Crippen LogP contribution in [0, 0.1) is 6.07 Å². The van der Waals surface area contributed by atoms with E-state index >= 15 is 0 Å². The van der Waals surface area contributed by atoms with E-state index in [-0.39, 0.29) is 16.4 Å². The SMILES string of the molecule is FC(F)(F)c1[c]cccc1-c1cnc(Cl)cn1. The van der Waals surface area contributed by atoms with Crippen LogP contribution in [0.1, 0.15) is 5.56 Å². The zero-order valence-corrected chi connectivity index (χ0v) is 9.05. The van der Waals surface area contributed by atoms with Gasteiger partial charge in [-0.1, -0.05) is 29.8 Å². The molecule has 2 nitrogen and oxygen atoms in total. The van der Waals surface area contributed by atoms with Gasteiger partial charge in [0, 0.05) is 5.56 Å². The Balaban J connectivity index is 2.56. The maximum absolute atomic E-state index is 12.7. The molecule has 0 amide bonds. The second kappa shape index (κ2) is 4.33. The van der Waals surface area contributed by atoms with Gasteiger partial charge in [0.15, 0.2) is 0 Å². The minimum atomic E-state index is -4.47. The van der Waals surface area contributed by atoms with Crippen molar-refractivity contribution in [3.8, 4) is 11.3 Å². The summed E-state index contributed by atoms with van der Waals surface area (Å²) in [6.45, 7) is 0. The highest BCUT2D eigenvalue weighted by atomic mass is 35.5. The van der Waals surface area contributed by atoms with E-state index in [1.165, 1.54) is 30.6 Å². The highest BCUT2D eigenvalue weighted by Gasteiger charge is 2.33. The number of aromatic nitrogens is 2. The molecule has 0 atom stereocenters. The second-order valence-corrected chi connectivity index (χ2v) is 3.57. The van der Waals surface area contributed by atoms with E-state index in [2.05, 4.69) is 16.0 Å². The topological polar surface area (TPSA) is 25.8 Å². The first-order valence-corrected chi connectivity index (χ1v) is 4.92. The molecule has 6 heteroatoms. The normalized spacial score (nSPS) is 11.5. The molecular weight excluding hydrogens is 253 g/mol. The molecule has 0 spiro atoms. The maximum Gasteiger partial charge on any atom is 0.417 e. The van der Waals surface area contributed by atoms with Gasteiger partial charge in [-0.2, -0.15) is 13.2 Å². The minimum Gasteiger partial charge on any atom is -0.251 e. The van der Waals surface area contributed by atoms with Crippen LogP contribution in [-0.4, -0.2) is 9.97 Å². The Hall–Kier alpha value is -1.62. The van der Waals surface area contributed by atoms with Crippen molar-refractivity contribution in [1.82, 2.24) is 9.97 Å². The number of nitrogens with zero attached hydrogens (tertiary/aromatic N) is 2. The number of halogens is 4. The Kier molecular flexibility index (Phi) is 3.02. The lowest BCUT2D eigenvalue weighted by Gasteiger charge is -2.11. The Morgan fingerprint density at radius 3 is 2.53 bits per heavy atom. The van der Waals surface area contributed by atoms with Gasteiger partial charge in [-0.3, -0.25) is 4.98 Å². The summed E-state index contributed by atoms with van der Waals surface area (Å²) in [5.74, 6) is 0. The average Bonchev–Trinajstić information content (AvgIpc) is 2.29. The molecule has 0 bridgehead atoms. The first-order valence-electron chi connectivity index (χ1n) is 4.54. The smallest absolute Gasteiger partial charge is 0.251 e. The molecule has 0 saturated heterocycles. The van der Waals surface area contributed by atoms with Crippen molar-refractivity contribution in [2.45, 2.75) is 6.18 Å². The van der Waals surface area contributed by atoms with Gasteiger partial charge >= 0.3 is 6.18 Å². The molecule has 0 aliphatic rings. The maximum atomic E-state index is 12.7. The van der Waals surface area contributed by atoms with E-state index in [9.17, 15) is 13.2 Å². The molecule has 2 aromatic rings. The van der Waals surface area contributed by atoms with Gasteiger partial charge in [-0.05, 0) is 6.07 Å². The van der Waals surface area contributed by atoms with Crippen molar-refractivity contribution in [3.63, 3.8) is 0 Å². The third-order valence-electron chi connectivity index (χ3n) is 2.04. The number of alkyl halides is 3. The van der Waals surface area contributed by atoms with Gasteiger partial charge < -0.3 is 0 Å². The monoisotopic (exact) mass is 257 g/mol. The van der Waals surface area contributed by atoms with Crippen LogP contribution < -0.4 is 0 Å². The first kappa shape index (κ1) is 11.9. The van der Waals surface area contributed by atoms with Crippen molar-refractivity contribution < 1.29 is 13.2 Å². The van der Waals surface area contributed by atoms with E-state index in [1.807, 2.05) is 0 Å². The lowest BCUT2D eigenvalue weighted by atomic mass is 10.0. The molecule has 0 aliphatic heterocycles. The largest absolute Gasteiger partial charge is 0.417 e. The molecule has 0 aliphatic carbocycles. The number of hydrogen-bond acceptors (Lipinski definition) is 2. The molecule has 0 saturated carbocycles. The molecule has 17 heavy (non-hydrogen) atoms. The number of rotatable bonds is 1. The zero-order chi connectivity index (χ0) is 12.5. The summed E-state index contributed by atoms with van der Waals surface area (Å²) in [5, 5.41) is 0.127. The van der Waals surface area contributed by atoms with Crippen molar-refractivity contribution in [2.24, 2.45) is 0 Å². The van der Waals surface area contributed by atoms with E-state index in [0.717, 1.165) is 0 Å².